The molecule has 22 heavy (non-hydrogen) atoms. The smallest absolute Gasteiger partial charge is 0.132 e. The topological polar surface area (TPSA) is 50.1 Å². The van der Waals surface area contributed by atoms with Crippen LogP contribution >= 0.6 is 0 Å². The molecule has 0 saturated carbocycles. The summed E-state index contributed by atoms with van der Waals surface area (Å²) < 4.78 is 1.96. The normalized spacial score (nSPS) is 16.9. The molecule has 0 amide bonds. The monoisotopic (exact) mass is 300 g/mol. The molecule has 0 spiro atoms. The molecule has 0 bridgehead atoms. The molecule has 0 aromatic carbocycles. The van der Waals surface area contributed by atoms with Crippen molar-refractivity contribution in [3.05, 3.63) is 36.0 Å². The first-order chi connectivity index (χ1) is 10.6. The van der Waals surface area contributed by atoms with Gasteiger partial charge in [-0.3, -0.25) is 9.58 Å². The quantitative estimate of drug-likeness (QED) is 0.859. The molecule has 3 rings (SSSR count). The molecule has 2 aromatic heterocycles. The Bertz CT molecular complexity index is 615. The third kappa shape index (κ3) is 3.27. The number of piperidine rings is 1. The highest BCUT2D eigenvalue weighted by Crippen LogP contribution is 2.21. The summed E-state index contributed by atoms with van der Waals surface area (Å²) in [6.45, 7) is 5.23. The van der Waals surface area contributed by atoms with Gasteiger partial charge in [-0.05, 0) is 25.8 Å². The van der Waals surface area contributed by atoms with Gasteiger partial charge in [0.05, 0.1) is 5.69 Å². The highest BCUT2D eigenvalue weighted by atomic mass is 15.3. The van der Waals surface area contributed by atoms with Gasteiger partial charge in [0.25, 0.3) is 0 Å². The van der Waals surface area contributed by atoms with Crippen molar-refractivity contribution in [1.29, 1.82) is 0 Å². The van der Waals surface area contributed by atoms with Crippen LogP contribution in [-0.4, -0.2) is 50.8 Å². The number of hydrogen-bond acceptors (Lipinski definition) is 5. The average Bonchev–Trinajstić information content (AvgIpc) is 2.92. The Balaban J connectivity index is 1.56. The Morgan fingerprint density at radius 1 is 1.27 bits per heavy atom. The van der Waals surface area contributed by atoms with Crippen LogP contribution in [0.2, 0.25) is 0 Å². The molecule has 1 saturated heterocycles. The molecule has 2 aromatic rings. The Labute approximate surface area is 131 Å². The van der Waals surface area contributed by atoms with Crippen molar-refractivity contribution in [2.24, 2.45) is 7.05 Å². The van der Waals surface area contributed by atoms with Crippen molar-refractivity contribution >= 4 is 5.82 Å². The van der Waals surface area contributed by atoms with Gasteiger partial charge in [-0.15, -0.1) is 0 Å². The molecule has 0 atom stereocenters. The van der Waals surface area contributed by atoms with Crippen molar-refractivity contribution in [1.82, 2.24) is 24.6 Å². The van der Waals surface area contributed by atoms with E-state index in [-0.39, 0.29) is 0 Å². The molecular weight excluding hydrogens is 276 g/mol. The lowest BCUT2D eigenvalue weighted by molar-refractivity contribution is 0.199. The number of rotatable bonds is 4. The summed E-state index contributed by atoms with van der Waals surface area (Å²) in [5.41, 5.74) is 2.30. The molecule has 1 aliphatic rings. The van der Waals surface area contributed by atoms with Gasteiger partial charge >= 0.3 is 0 Å². The van der Waals surface area contributed by atoms with E-state index in [4.69, 9.17) is 0 Å². The predicted octanol–water partition coefficient (Wildman–Crippen LogP) is 1.62. The maximum atomic E-state index is 4.40. The largest absolute Gasteiger partial charge is 0.356 e. The van der Waals surface area contributed by atoms with Gasteiger partial charge in [0.2, 0.25) is 0 Å². The highest BCUT2D eigenvalue weighted by Gasteiger charge is 2.23. The van der Waals surface area contributed by atoms with Crippen molar-refractivity contribution in [2.45, 2.75) is 32.4 Å². The summed E-state index contributed by atoms with van der Waals surface area (Å²) in [7, 11) is 4.15. The Morgan fingerprint density at radius 3 is 2.68 bits per heavy atom. The van der Waals surface area contributed by atoms with E-state index in [1.54, 1.807) is 6.33 Å². The molecule has 6 nitrogen and oxygen atoms in total. The summed E-state index contributed by atoms with van der Waals surface area (Å²) in [6, 6.07) is 4.71. The lowest BCUT2D eigenvalue weighted by Crippen LogP contribution is -2.43. The maximum absolute atomic E-state index is 4.40. The fourth-order valence-electron chi connectivity index (χ4n) is 3.07. The van der Waals surface area contributed by atoms with Gasteiger partial charge in [0, 0.05) is 57.7 Å². The third-order valence-electron chi connectivity index (χ3n) is 4.56. The lowest BCUT2D eigenvalue weighted by atomic mass is 10.0. The van der Waals surface area contributed by atoms with E-state index < -0.39 is 0 Å². The Kier molecular flexibility index (Phi) is 4.38. The first-order valence-corrected chi connectivity index (χ1v) is 7.84. The maximum Gasteiger partial charge on any atom is 0.132 e. The third-order valence-corrected chi connectivity index (χ3v) is 4.56. The average molecular weight is 300 g/mol. The van der Waals surface area contributed by atoms with Crippen LogP contribution in [0, 0.1) is 6.92 Å². The van der Waals surface area contributed by atoms with Crippen molar-refractivity contribution in [3.63, 3.8) is 0 Å². The lowest BCUT2D eigenvalue weighted by Gasteiger charge is -2.37. The van der Waals surface area contributed by atoms with Crippen molar-refractivity contribution < 1.29 is 0 Å². The van der Waals surface area contributed by atoms with Crippen LogP contribution in [0.3, 0.4) is 0 Å². The molecule has 0 N–H and O–H groups in total. The Hall–Kier alpha value is -1.95. The van der Waals surface area contributed by atoms with Crippen molar-refractivity contribution in [2.75, 3.05) is 25.0 Å². The first-order valence-electron chi connectivity index (χ1n) is 7.84. The zero-order valence-electron chi connectivity index (χ0n) is 13.6. The number of likely N-dealkylation sites (tertiary alicyclic amines) is 1. The molecule has 118 valence electrons. The standard InChI is InChI=1S/C16H24N6/c1-13-10-16(18-12-17-13)20(2)14-5-8-22(9-6-14)11-15-4-7-19-21(15)3/h4,7,10,12,14H,5-6,8-9,11H2,1-3H3. The summed E-state index contributed by atoms with van der Waals surface area (Å²) >= 11 is 0. The minimum absolute atomic E-state index is 0.553. The number of aromatic nitrogens is 4. The van der Waals surface area contributed by atoms with Gasteiger partial charge in [-0.1, -0.05) is 0 Å². The van der Waals surface area contributed by atoms with Gasteiger partial charge in [0.15, 0.2) is 0 Å². The van der Waals surface area contributed by atoms with E-state index in [0.717, 1.165) is 44.0 Å². The van der Waals surface area contributed by atoms with Crippen LogP contribution in [-0.2, 0) is 13.6 Å². The molecule has 0 unspecified atom stereocenters. The van der Waals surface area contributed by atoms with Gasteiger partial charge in [-0.25, -0.2) is 9.97 Å². The highest BCUT2D eigenvalue weighted by molar-refractivity contribution is 5.39. The summed E-state index contributed by atoms with van der Waals surface area (Å²) in [6.07, 6.45) is 5.85. The molecule has 3 heterocycles. The van der Waals surface area contributed by atoms with E-state index in [0.29, 0.717) is 6.04 Å². The van der Waals surface area contributed by atoms with E-state index in [1.807, 2.05) is 24.9 Å². The molecule has 1 fully saturated rings. The van der Waals surface area contributed by atoms with Crippen LogP contribution in [0.4, 0.5) is 5.82 Å². The summed E-state index contributed by atoms with van der Waals surface area (Å²) in [4.78, 5) is 13.4. The number of nitrogens with zero attached hydrogens (tertiary/aromatic N) is 6. The fourth-order valence-corrected chi connectivity index (χ4v) is 3.07. The second-order valence-corrected chi connectivity index (χ2v) is 6.08. The zero-order valence-corrected chi connectivity index (χ0v) is 13.6. The zero-order chi connectivity index (χ0) is 15.5. The summed E-state index contributed by atoms with van der Waals surface area (Å²) in [5, 5.41) is 4.24. The van der Waals surface area contributed by atoms with E-state index >= 15 is 0 Å². The molecular formula is C16H24N6. The number of aryl methyl sites for hydroxylation is 2. The minimum Gasteiger partial charge on any atom is -0.356 e. The van der Waals surface area contributed by atoms with Gasteiger partial charge in [0.1, 0.15) is 12.1 Å². The van der Waals surface area contributed by atoms with Crippen LogP contribution in [0.25, 0.3) is 0 Å². The number of anilines is 1. The number of hydrogen-bond donors (Lipinski definition) is 0. The molecule has 0 aliphatic carbocycles. The van der Waals surface area contributed by atoms with Crippen molar-refractivity contribution in [3.8, 4) is 0 Å². The van der Waals surface area contributed by atoms with E-state index in [2.05, 4.69) is 44.0 Å². The molecule has 0 radical (unpaired) electrons. The summed E-state index contributed by atoms with van der Waals surface area (Å²) in [5.74, 6) is 1.03. The Morgan fingerprint density at radius 2 is 2.05 bits per heavy atom. The first kappa shape index (κ1) is 15.0. The van der Waals surface area contributed by atoms with Crippen LogP contribution in [0.1, 0.15) is 24.2 Å². The molecule has 6 heteroatoms. The van der Waals surface area contributed by atoms with Crippen LogP contribution in [0.5, 0.6) is 0 Å². The predicted molar refractivity (Wildman–Crippen MR) is 86.7 cm³/mol. The molecule has 1 aliphatic heterocycles. The second kappa shape index (κ2) is 6.44. The fraction of sp³-hybridized carbons (Fsp3) is 0.562. The van der Waals surface area contributed by atoms with Gasteiger partial charge in [-0.2, -0.15) is 5.10 Å². The SMILES string of the molecule is Cc1cc(N(C)C2CCN(Cc3ccnn3C)CC2)ncn1. The van der Waals surface area contributed by atoms with Gasteiger partial charge < -0.3 is 4.90 Å². The van der Waals surface area contributed by atoms with Crippen LogP contribution in [0.15, 0.2) is 24.7 Å². The minimum atomic E-state index is 0.553. The van der Waals surface area contributed by atoms with E-state index in [1.165, 1.54) is 5.69 Å². The second-order valence-electron chi connectivity index (χ2n) is 6.08. The van der Waals surface area contributed by atoms with E-state index in [9.17, 15) is 0 Å². The van der Waals surface area contributed by atoms with Crippen LogP contribution < -0.4 is 4.90 Å².